The van der Waals surface area contributed by atoms with Crippen LogP contribution in [0.2, 0.25) is 0 Å². The zero-order valence-electron chi connectivity index (χ0n) is 21.8. The van der Waals surface area contributed by atoms with Gasteiger partial charge in [-0.3, -0.25) is 13.9 Å². The van der Waals surface area contributed by atoms with Crippen LogP contribution in [0.4, 0.5) is 5.69 Å². The molecule has 0 saturated heterocycles. The highest BCUT2D eigenvalue weighted by Crippen LogP contribution is 2.28. The normalized spacial score (nSPS) is 12.0. The summed E-state index contributed by atoms with van der Waals surface area (Å²) < 4.78 is 28.8. The number of aryl methyl sites for hydroxylation is 2. The highest BCUT2D eigenvalue weighted by molar-refractivity contribution is 7.92. The minimum Gasteiger partial charge on any atom is -0.355 e. The molecule has 0 bridgehead atoms. The maximum atomic E-state index is 13.9. The molecule has 1 atom stereocenters. The Balaban J connectivity index is 2.05. The van der Waals surface area contributed by atoms with Crippen LogP contribution in [0.3, 0.4) is 0 Å². The van der Waals surface area contributed by atoms with E-state index < -0.39 is 28.5 Å². The summed E-state index contributed by atoms with van der Waals surface area (Å²) in [5, 5.41) is 2.77. The second kappa shape index (κ2) is 12.5. The minimum atomic E-state index is -4.06. The molecule has 3 aromatic carbocycles. The highest BCUT2D eigenvalue weighted by Gasteiger charge is 2.33. The average Bonchev–Trinajstić information content (AvgIpc) is 2.91. The number of carbonyl (C=O) groups is 2. The molecule has 0 aliphatic heterocycles. The number of likely N-dealkylation sites (N-methyl/N-ethyl adjacent to an activating group) is 1. The van der Waals surface area contributed by atoms with Crippen molar-refractivity contribution in [1.29, 1.82) is 0 Å². The van der Waals surface area contributed by atoms with Gasteiger partial charge in [0.2, 0.25) is 11.8 Å². The summed E-state index contributed by atoms with van der Waals surface area (Å²) in [6.07, 6.45) is 0.591. The van der Waals surface area contributed by atoms with Crippen LogP contribution in [0.15, 0.2) is 83.8 Å². The molecular formula is C29H35N3O4S. The molecule has 0 unspecified atom stereocenters. The molecule has 3 aromatic rings. The van der Waals surface area contributed by atoms with Crippen molar-refractivity contribution in [3.05, 3.63) is 95.6 Å². The Kier molecular flexibility index (Phi) is 9.47. The number of carbonyl (C=O) groups excluding carboxylic acids is 2. The van der Waals surface area contributed by atoms with E-state index in [1.54, 1.807) is 37.3 Å². The first kappa shape index (κ1) is 27.9. The van der Waals surface area contributed by atoms with Crippen molar-refractivity contribution in [2.45, 2.75) is 51.6 Å². The van der Waals surface area contributed by atoms with Gasteiger partial charge in [-0.15, -0.1) is 0 Å². The van der Waals surface area contributed by atoms with Crippen molar-refractivity contribution in [2.24, 2.45) is 0 Å². The van der Waals surface area contributed by atoms with Gasteiger partial charge in [-0.2, -0.15) is 0 Å². The third kappa shape index (κ3) is 6.77. The van der Waals surface area contributed by atoms with E-state index in [0.717, 1.165) is 21.0 Å². The van der Waals surface area contributed by atoms with Crippen LogP contribution in [0, 0.1) is 6.92 Å². The Hall–Kier alpha value is -3.65. The number of nitrogens with one attached hydrogen (secondary N) is 1. The van der Waals surface area contributed by atoms with Gasteiger partial charge < -0.3 is 10.2 Å². The Morgan fingerprint density at radius 3 is 2.14 bits per heavy atom. The fourth-order valence-electron chi connectivity index (χ4n) is 4.08. The minimum absolute atomic E-state index is 0.0931. The third-order valence-electron chi connectivity index (χ3n) is 6.24. The van der Waals surface area contributed by atoms with Crippen LogP contribution < -0.4 is 9.62 Å². The van der Waals surface area contributed by atoms with Gasteiger partial charge in [0.25, 0.3) is 10.0 Å². The summed E-state index contributed by atoms with van der Waals surface area (Å²) in [6, 6.07) is 22.2. The maximum absolute atomic E-state index is 13.9. The van der Waals surface area contributed by atoms with Crippen LogP contribution in [0.1, 0.15) is 37.5 Å². The molecule has 3 rings (SSSR count). The highest BCUT2D eigenvalue weighted by atomic mass is 32.2. The lowest BCUT2D eigenvalue weighted by molar-refractivity contribution is -0.139. The van der Waals surface area contributed by atoms with Crippen molar-refractivity contribution in [1.82, 2.24) is 10.2 Å². The Morgan fingerprint density at radius 2 is 1.51 bits per heavy atom. The summed E-state index contributed by atoms with van der Waals surface area (Å²) in [7, 11) is -4.06. The van der Waals surface area contributed by atoms with Crippen LogP contribution >= 0.6 is 0 Å². The Bertz CT molecular complexity index is 1310. The fourth-order valence-corrected chi connectivity index (χ4v) is 5.55. The molecule has 0 aliphatic carbocycles. The predicted octanol–water partition coefficient (Wildman–Crippen LogP) is 4.31. The number of amides is 2. The molecule has 7 nitrogen and oxygen atoms in total. The van der Waals surface area contributed by atoms with Crippen molar-refractivity contribution in [3.8, 4) is 0 Å². The molecule has 0 saturated carbocycles. The van der Waals surface area contributed by atoms with Crippen molar-refractivity contribution >= 4 is 27.5 Å². The smallest absolute Gasteiger partial charge is 0.264 e. The van der Waals surface area contributed by atoms with Crippen LogP contribution in [-0.4, -0.2) is 44.3 Å². The summed E-state index contributed by atoms with van der Waals surface area (Å²) >= 11 is 0. The Labute approximate surface area is 220 Å². The van der Waals surface area contributed by atoms with E-state index in [2.05, 4.69) is 5.32 Å². The lowest BCUT2D eigenvalue weighted by Gasteiger charge is -2.32. The lowest BCUT2D eigenvalue weighted by Crippen LogP contribution is -2.51. The average molecular weight is 522 g/mol. The second-order valence-electron chi connectivity index (χ2n) is 8.88. The van der Waals surface area contributed by atoms with Gasteiger partial charge in [-0.1, -0.05) is 73.2 Å². The van der Waals surface area contributed by atoms with E-state index in [1.807, 2.05) is 57.2 Å². The summed E-state index contributed by atoms with van der Waals surface area (Å²) in [6.45, 7) is 7.54. The largest absolute Gasteiger partial charge is 0.355 e. The molecule has 0 spiro atoms. The molecule has 0 radical (unpaired) electrons. The van der Waals surface area contributed by atoms with E-state index in [4.69, 9.17) is 0 Å². The first-order valence-corrected chi connectivity index (χ1v) is 13.9. The molecule has 0 heterocycles. The molecule has 196 valence electrons. The fraction of sp³-hybridized carbons (Fsp3) is 0.310. The summed E-state index contributed by atoms with van der Waals surface area (Å²) in [5.74, 6) is -0.765. The van der Waals surface area contributed by atoms with E-state index in [-0.39, 0.29) is 17.3 Å². The Morgan fingerprint density at radius 1 is 0.892 bits per heavy atom. The first-order chi connectivity index (χ1) is 17.7. The van der Waals surface area contributed by atoms with Crippen molar-refractivity contribution in [3.63, 3.8) is 0 Å². The summed E-state index contributed by atoms with van der Waals surface area (Å²) in [5.41, 5.74) is 3.18. The topological polar surface area (TPSA) is 86.8 Å². The van der Waals surface area contributed by atoms with Crippen LogP contribution in [0.25, 0.3) is 0 Å². The number of benzene rings is 3. The molecule has 8 heteroatoms. The molecule has 1 N–H and O–H groups in total. The molecule has 37 heavy (non-hydrogen) atoms. The number of hydrogen-bond donors (Lipinski definition) is 1. The summed E-state index contributed by atoms with van der Waals surface area (Å²) in [4.78, 5) is 28.2. The van der Waals surface area contributed by atoms with Crippen LogP contribution in [0.5, 0.6) is 0 Å². The molecule has 0 fully saturated rings. The number of sulfonamides is 1. The SMILES string of the molecule is CCNC(=O)[C@H](C)N(Cc1ccc(C)cc1)C(=O)CN(c1ccccc1CC)S(=O)(=O)c1ccccc1. The molecule has 0 aromatic heterocycles. The van der Waals surface area contributed by atoms with Gasteiger partial charge in [-0.25, -0.2) is 8.42 Å². The number of para-hydroxylation sites is 1. The van der Waals surface area contributed by atoms with Gasteiger partial charge >= 0.3 is 0 Å². The standard InChI is InChI=1S/C29H35N3O4S/c1-5-25-12-10-11-15-27(25)32(37(35,36)26-13-8-7-9-14-26)21-28(33)31(23(4)29(34)30-6-2)20-24-18-16-22(3)17-19-24/h7-19,23H,5-6,20-21H2,1-4H3,(H,30,34)/t23-/m0/s1. The second-order valence-corrected chi connectivity index (χ2v) is 10.7. The first-order valence-electron chi connectivity index (χ1n) is 12.5. The van der Waals surface area contributed by atoms with Gasteiger partial charge in [0.15, 0.2) is 0 Å². The lowest BCUT2D eigenvalue weighted by atomic mass is 10.1. The third-order valence-corrected chi connectivity index (χ3v) is 8.02. The van der Waals surface area contributed by atoms with E-state index in [9.17, 15) is 18.0 Å². The maximum Gasteiger partial charge on any atom is 0.264 e. The van der Waals surface area contributed by atoms with E-state index in [0.29, 0.717) is 18.7 Å². The number of hydrogen-bond acceptors (Lipinski definition) is 4. The molecular weight excluding hydrogens is 486 g/mol. The van der Waals surface area contributed by atoms with E-state index in [1.165, 1.54) is 17.0 Å². The van der Waals surface area contributed by atoms with Gasteiger partial charge in [-0.05, 0) is 56.5 Å². The van der Waals surface area contributed by atoms with Crippen molar-refractivity contribution < 1.29 is 18.0 Å². The molecule has 2 amide bonds. The zero-order valence-corrected chi connectivity index (χ0v) is 22.7. The molecule has 0 aliphatic rings. The zero-order chi connectivity index (χ0) is 27.0. The number of rotatable bonds is 11. The monoisotopic (exact) mass is 521 g/mol. The van der Waals surface area contributed by atoms with E-state index >= 15 is 0 Å². The number of nitrogens with zero attached hydrogens (tertiary/aromatic N) is 2. The number of anilines is 1. The van der Waals surface area contributed by atoms with Crippen LogP contribution in [-0.2, 0) is 32.6 Å². The van der Waals surface area contributed by atoms with Gasteiger partial charge in [0.1, 0.15) is 12.6 Å². The predicted molar refractivity (Wildman–Crippen MR) is 147 cm³/mol. The van der Waals surface area contributed by atoms with Gasteiger partial charge in [0, 0.05) is 13.1 Å². The van der Waals surface area contributed by atoms with Crippen molar-refractivity contribution in [2.75, 3.05) is 17.4 Å². The van der Waals surface area contributed by atoms with Gasteiger partial charge in [0.05, 0.1) is 10.6 Å². The quantitative estimate of drug-likeness (QED) is 0.408.